The Morgan fingerprint density at radius 1 is 1.23 bits per heavy atom. The van der Waals surface area contributed by atoms with Crippen LogP contribution >= 0.6 is 11.8 Å². The fourth-order valence-corrected chi connectivity index (χ4v) is 3.37. The molecule has 3 rings (SSSR count). The number of aromatic nitrogens is 2. The summed E-state index contributed by atoms with van der Waals surface area (Å²) in [5, 5.41) is 5.89. The van der Waals surface area contributed by atoms with Crippen LogP contribution in [0.4, 0.5) is 5.82 Å². The van der Waals surface area contributed by atoms with Crippen molar-refractivity contribution in [2.75, 3.05) is 37.8 Å². The molecular formula is C21H25N5O3S. The van der Waals surface area contributed by atoms with Gasteiger partial charge in [0.15, 0.2) is 0 Å². The van der Waals surface area contributed by atoms with Crippen LogP contribution in [0.5, 0.6) is 0 Å². The fourth-order valence-electron chi connectivity index (χ4n) is 2.96. The van der Waals surface area contributed by atoms with E-state index in [1.54, 1.807) is 37.0 Å². The molecule has 0 radical (unpaired) electrons. The number of fused-ring (bicyclic) bond motifs is 1. The Morgan fingerprint density at radius 3 is 2.67 bits per heavy atom. The molecule has 30 heavy (non-hydrogen) atoms. The number of pyridine rings is 1. The van der Waals surface area contributed by atoms with Gasteiger partial charge in [-0.15, -0.1) is 11.8 Å². The molecule has 2 aromatic heterocycles. The van der Waals surface area contributed by atoms with Crippen molar-refractivity contribution in [1.82, 2.24) is 14.7 Å². The number of rotatable bonds is 9. The summed E-state index contributed by atoms with van der Waals surface area (Å²) in [6, 6.07) is 11.4. The predicted molar refractivity (Wildman–Crippen MR) is 119 cm³/mol. The summed E-state index contributed by atoms with van der Waals surface area (Å²) in [6.45, 7) is 2.86. The van der Waals surface area contributed by atoms with Gasteiger partial charge in [-0.2, -0.15) is 0 Å². The van der Waals surface area contributed by atoms with Gasteiger partial charge in [-0.05, 0) is 37.4 Å². The van der Waals surface area contributed by atoms with Crippen molar-refractivity contribution in [2.24, 2.45) is 5.73 Å². The number of amides is 1. The number of imidazole rings is 1. The van der Waals surface area contributed by atoms with Gasteiger partial charge in [0.1, 0.15) is 23.7 Å². The summed E-state index contributed by atoms with van der Waals surface area (Å²) in [4.78, 5) is 30.0. The number of benzene rings is 1. The molecule has 9 heteroatoms. The summed E-state index contributed by atoms with van der Waals surface area (Å²) >= 11 is 1.66. The van der Waals surface area contributed by atoms with Crippen molar-refractivity contribution in [2.45, 2.75) is 11.8 Å². The predicted octanol–water partition coefficient (Wildman–Crippen LogP) is 2.39. The lowest BCUT2D eigenvalue weighted by atomic mass is 10.1. The van der Waals surface area contributed by atoms with Crippen LogP contribution in [0.2, 0.25) is 0 Å². The third-order valence-corrected chi connectivity index (χ3v) is 5.13. The number of hydrogen-bond acceptors (Lipinski definition) is 7. The second-order valence-corrected chi connectivity index (χ2v) is 7.26. The normalized spacial score (nSPS) is 10.8. The highest BCUT2D eigenvalue weighted by molar-refractivity contribution is 7.98. The number of nitrogens with two attached hydrogens (primary N) is 1. The number of nitrogens with zero attached hydrogens (tertiary/aromatic N) is 2. The lowest BCUT2D eigenvalue weighted by molar-refractivity contribution is -0.140. The third-order valence-electron chi connectivity index (χ3n) is 4.39. The maximum atomic E-state index is 12.3. The Morgan fingerprint density at radius 2 is 2.00 bits per heavy atom. The monoisotopic (exact) mass is 427 g/mol. The van der Waals surface area contributed by atoms with E-state index in [4.69, 9.17) is 15.5 Å². The highest BCUT2D eigenvalue weighted by Crippen LogP contribution is 2.30. The SMILES string of the molecule is CCOC(=O)CNc1c(-c2ccc(SC)cc2)nc2cc(C(=O)NCCN)ccn12. The van der Waals surface area contributed by atoms with E-state index in [0.29, 0.717) is 42.4 Å². The standard InChI is InChI=1S/C21H25N5O3S/c1-3-29-18(27)13-24-20-19(14-4-6-16(30-2)7-5-14)25-17-12-15(8-11-26(17)20)21(28)23-10-9-22/h4-8,11-12,24H,3,9-10,13,22H2,1-2H3,(H,23,28). The molecule has 2 heterocycles. The zero-order valence-electron chi connectivity index (χ0n) is 17.0. The first-order valence-electron chi connectivity index (χ1n) is 9.61. The molecule has 0 bridgehead atoms. The molecule has 1 aromatic carbocycles. The molecule has 8 nitrogen and oxygen atoms in total. The van der Waals surface area contributed by atoms with Crippen molar-refractivity contribution >= 4 is 35.1 Å². The van der Waals surface area contributed by atoms with Gasteiger partial charge in [0.05, 0.1) is 6.61 Å². The maximum Gasteiger partial charge on any atom is 0.325 e. The second kappa shape index (κ2) is 10.1. The molecule has 0 unspecified atom stereocenters. The van der Waals surface area contributed by atoms with E-state index in [2.05, 4.69) is 10.6 Å². The van der Waals surface area contributed by atoms with Crippen LogP contribution in [0, 0.1) is 0 Å². The van der Waals surface area contributed by atoms with Crippen LogP contribution in [0.15, 0.2) is 47.5 Å². The Hall–Kier alpha value is -3.04. The van der Waals surface area contributed by atoms with Crippen LogP contribution in [-0.2, 0) is 9.53 Å². The van der Waals surface area contributed by atoms with E-state index in [-0.39, 0.29) is 18.4 Å². The van der Waals surface area contributed by atoms with E-state index in [0.717, 1.165) is 10.5 Å². The summed E-state index contributed by atoms with van der Waals surface area (Å²) in [7, 11) is 0. The zero-order chi connectivity index (χ0) is 21.5. The Kier molecular flexibility index (Phi) is 7.31. The van der Waals surface area contributed by atoms with Gasteiger partial charge in [-0.25, -0.2) is 4.98 Å². The zero-order valence-corrected chi connectivity index (χ0v) is 17.8. The highest BCUT2D eigenvalue weighted by atomic mass is 32.2. The van der Waals surface area contributed by atoms with Crippen LogP contribution in [0.25, 0.3) is 16.9 Å². The average molecular weight is 428 g/mol. The molecule has 0 saturated carbocycles. The number of anilines is 1. The maximum absolute atomic E-state index is 12.3. The van der Waals surface area contributed by atoms with Gasteiger partial charge >= 0.3 is 5.97 Å². The molecule has 0 aliphatic heterocycles. The van der Waals surface area contributed by atoms with Crippen molar-refractivity contribution < 1.29 is 14.3 Å². The van der Waals surface area contributed by atoms with Crippen molar-refractivity contribution in [3.8, 4) is 11.3 Å². The average Bonchev–Trinajstić information content (AvgIpc) is 3.14. The largest absolute Gasteiger partial charge is 0.465 e. The smallest absolute Gasteiger partial charge is 0.325 e. The molecule has 4 N–H and O–H groups in total. The summed E-state index contributed by atoms with van der Waals surface area (Å²) in [6.07, 6.45) is 3.77. The number of thioether (sulfide) groups is 1. The molecule has 0 aliphatic carbocycles. The summed E-state index contributed by atoms with van der Waals surface area (Å²) in [5.74, 6) is 0.0932. The van der Waals surface area contributed by atoms with Gasteiger partial charge in [-0.3, -0.25) is 14.0 Å². The van der Waals surface area contributed by atoms with Gasteiger partial charge in [0.2, 0.25) is 0 Å². The first kappa shape index (κ1) is 21.7. The van der Waals surface area contributed by atoms with Gasteiger partial charge in [-0.1, -0.05) is 12.1 Å². The number of carbonyl (C=O) groups excluding carboxylic acids is 2. The quantitative estimate of drug-likeness (QED) is 0.355. The van der Waals surface area contributed by atoms with E-state index < -0.39 is 0 Å². The minimum atomic E-state index is -0.353. The van der Waals surface area contributed by atoms with Crippen molar-refractivity contribution in [1.29, 1.82) is 0 Å². The van der Waals surface area contributed by atoms with Crippen LogP contribution in [-0.4, -0.2) is 53.8 Å². The molecule has 0 atom stereocenters. The second-order valence-electron chi connectivity index (χ2n) is 6.38. The van der Waals surface area contributed by atoms with E-state index in [1.165, 1.54) is 0 Å². The minimum absolute atomic E-state index is 0.0102. The fraction of sp³-hybridized carbons (Fsp3) is 0.286. The van der Waals surface area contributed by atoms with E-state index in [9.17, 15) is 9.59 Å². The minimum Gasteiger partial charge on any atom is -0.465 e. The van der Waals surface area contributed by atoms with Gasteiger partial charge in [0.25, 0.3) is 5.91 Å². The lowest BCUT2D eigenvalue weighted by Crippen LogP contribution is -2.29. The molecule has 0 spiro atoms. The number of hydrogen-bond donors (Lipinski definition) is 3. The van der Waals surface area contributed by atoms with Crippen molar-refractivity contribution in [3.63, 3.8) is 0 Å². The highest BCUT2D eigenvalue weighted by Gasteiger charge is 2.17. The molecule has 0 saturated heterocycles. The third kappa shape index (κ3) is 4.92. The number of carbonyl (C=O) groups is 2. The lowest BCUT2D eigenvalue weighted by Gasteiger charge is -2.09. The Bertz CT molecular complexity index is 1030. The first-order valence-corrected chi connectivity index (χ1v) is 10.8. The van der Waals surface area contributed by atoms with Crippen LogP contribution in [0.3, 0.4) is 0 Å². The van der Waals surface area contributed by atoms with Gasteiger partial charge in [0, 0.05) is 35.3 Å². The summed E-state index contributed by atoms with van der Waals surface area (Å²) < 4.78 is 6.84. The molecule has 158 valence electrons. The Labute approximate surface area is 179 Å². The molecule has 0 fully saturated rings. The molecule has 3 aromatic rings. The number of nitrogens with one attached hydrogen (secondary N) is 2. The summed E-state index contributed by atoms with van der Waals surface area (Å²) in [5.41, 5.74) is 8.12. The van der Waals surface area contributed by atoms with Crippen LogP contribution < -0.4 is 16.4 Å². The van der Waals surface area contributed by atoms with Crippen LogP contribution in [0.1, 0.15) is 17.3 Å². The number of esters is 1. The van der Waals surface area contributed by atoms with Gasteiger partial charge < -0.3 is 21.1 Å². The Balaban J connectivity index is 2.01. The van der Waals surface area contributed by atoms with Crippen molar-refractivity contribution in [3.05, 3.63) is 48.2 Å². The molecule has 1 amide bonds. The number of ether oxygens (including phenoxy) is 1. The molecule has 0 aliphatic rings. The first-order chi connectivity index (χ1) is 14.6. The molecular weight excluding hydrogens is 402 g/mol. The topological polar surface area (TPSA) is 111 Å². The van der Waals surface area contributed by atoms with E-state index >= 15 is 0 Å². The van der Waals surface area contributed by atoms with E-state index in [1.807, 2.05) is 34.9 Å².